The van der Waals surface area contributed by atoms with E-state index in [1.165, 1.54) is 30.5 Å². The highest BCUT2D eigenvalue weighted by atomic mass is 19.1. The number of hydrogen-bond acceptors (Lipinski definition) is 5. The lowest BCUT2D eigenvalue weighted by atomic mass is 9.87. The van der Waals surface area contributed by atoms with E-state index in [0.29, 0.717) is 11.1 Å². The molecule has 0 saturated carbocycles. The molecule has 0 saturated heterocycles. The number of carbonyl (C=O) groups is 2. The highest BCUT2D eigenvalue weighted by molar-refractivity contribution is 6.30. The summed E-state index contributed by atoms with van der Waals surface area (Å²) in [5, 5.41) is 21.0. The van der Waals surface area contributed by atoms with Crippen LogP contribution in [0.25, 0.3) is 0 Å². The number of aryl methyl sites for hydroxylation is 1. The minimum absolute atomic E-state index is 0.0335. The Bertz CT molecular complexity index is 1080. The number of halogens is 1. The average molecular weight is 352 g/mol. The maximum atomic E-state index is 13.1. The standard InChI is InChI=1S/C19H13FN2O4/c1-9-6-7-21-15-12(9)16(23)13-14(17(15)24)19(26)22(18(13)25)8-10-2-4-11(20)5-3-10/h2-7,25-26H,8H2,1H3. The van der Waals surface area contributed by atoms with Gasteiger partial charge in [-0.05, 0) is 36.2 Å². The number of pyridine rings is 1. The van der Waals surface area contributed by atoms with Gasteiger partial charge in [-0.1, -0.05) is 12.1 Å². The number of hydrogen-bond donors (Lipinski definition) is 2. The van der Waals surface area contributed by atoms with E-state index in [1.807, 2.05) is 0 Å². The normalized spacial score (nSPS) is 12.8. The Balaban J connectivity index is 1.88. The molecule has 1 aromatic carbocycles. The lowest BCUT2D eigenvalue weighted by Crippen LogP contribution is -2.22. The second kappa shape index (κ2) is 5.52. The van der Waals surface area contributed by atoms with Crippen molar-refractivity contribution in [1.82, 2.24) is 9.55 Å². The first-order valence-electron chi connectivity index (χ1n) is 7.84. The summed E-state index contributed by atoms with van der Waals surface area (Å²) in [5.41, 5.74) is 0.717. The number of rotatable bonds is 2. The minimum atomic E-state index is -0.621. The summed E-state index contributed by atoms with van der Waals surface area (Å²) in [4.78, 5) is 29.5. The van der Waals surface area contributed by atoms with Crippen molar-refractivity contribution < 1.29 is 24.2 Å². The van der Waals surface area contributed by atoms with E-state index in [4.69, 9.17) is 0 Å². The smallest absolute Gasteiger partial charge is 0.218 e. The molecule has 3 aromatic rings. The fraction of sp³-hybridized carbons (Fsp3) is 0.105. The first-order valence-corrected chi connectivity index (χ1v) is 7.84. The lowest BCUT2D eigenvalue weighted by molar-refractivity contribution is 0.0972. The third kappa shape index (κ3) is 2.13. The van der Waals surface area contributed by atoms with Gasteiger partial charge in [-0.2, -0.15) is 0 Å². The van der Waals surface area contributed by atoms with Gasteiger partial charge in [-0.3, -0.25) is 19.1 Å². The Morgan fingerprint density at radius 3 is 2.23 bits per heavy atom. The molecule has 0 radical (unpaired) electrons. The van der Waals surface area contributed by atoms with Crippen LogP contribution in [0.2, 0.25) is 0 Å². The molecular formula is C19H13FN2O4. The lowest BCUT2D eigenvalue weighted by Gasteiger charge is -2.15. The summed E-state index contributed by atoms with van der Waals surface area (Å²) >= 11 is 0. The van der Waals surface area contributed by atoms with E-state index >= 15 is 0 Å². The van der Waals surface area contributed by atoms with Crippen molar-refractivity contribution in [1.29, 1.82) is 0 Å². The van der Waals surface area contributed by atoms with Crippen molar-refractivity contribution in [3.8, 4) is 11.8 Å². The van der Waals surface area contributed by atoms with Crippen LogP contribution in [0.5, 0.6) is 11.8 Å². The molecule has 26 heavy (non-hydrogen) atoms. The van der Waals surface area contributed by atoms with E-state index in [1.54, 1.807) is 13.0 Å². The van der Waals surface area contributed by atoms with Crippen molar-refractivity contribution in [3.05, 3.63) is 75.9 Å². The highest BCUT2D eigenvalue weighted by Crippen LogP contribution is 2.41. The zero-order valence-electron chi connectivity index (χ0n) is 13.7. The number of fused-ring (bicyclic) bond motifs is 2. The number of ketones is 2. The molecule has 0 spiro atoms. The number of carbonyl (C=O) groups excluding carboxylic acids is 2. The fourth-order valence-corrected chi connectivity index (χ4v) is 3.21. The third-order valence-corrected chi connectivity index (χ3v) is 4.52. The molecule has 7 heteroatoms. The second-order valence-electron chi connectivity index (χ2n) is 6.12. The molecule has 2 heterocycles. The van der Waals surface area contributed by atoms with Gasteiger partial charge in [0.05, 0.1) is 17.7 Å². The van der Waals surface area contributed by atoms with E-state index in [0.717, 1.165) is 4.57 Å². The Hall–Kier alpha value is -3.48. The van der Waals surface area contributed by atoms with Crippen molar-refractivity contribution in [2.75, 3.05) is 0 Å². The predicted octanol–water partition coefficient (Wildman–Crippen LogP) is 2.57. The Morgan fingerprint density at radius 1 is 0.962 bits per heavy atom. The van der Waals surface area contributed by atoms with Crippen LogP contribution < -0.4 is 0 Å². The molecule has 0 atom stereocenters. The Morgan fingerprint density at radius 2 is 1.58 bits per heavy atom. The van der Waals surface area contributed by atoms with Gasteiger partial charge in [0, 0.05) is 6.20 Å². The van der Waals surface area contributed by atoms with E-state index in [2.05, 4.69) is 4.98 Å². The third-order valence-electron chi connectivity index (χ3n) is 4.52. The summed E-state index contributed by atoms with van der Waals surface area (Å²) in [6.07, 6.45) is 1.41. The number of nitrogens with zero attached hydrogens (tertiary/aromatic N) is 2. The molecule has 6 nitrogen and oxygen atoms in total. The average Bonchev–Trinajstić information content (AvgIpc) is 2.86. The maximum Gasteiger partial charge on any atom is 0.218 e. The number of aromatic hydroxyl groups is 2. The predicted molar refractivity (Wildman–Crippen MR) is 89.1 cm³/mol. The molecule has 2 aromatic heterocycles. The molecule has 1 aliphatic rings. The Kier molecular flexibility index (Phi) is 3.40. The first-order chi connectivity index (χ1) is 12.4. The zero-order chi connectivity index (χ0) is 18.6. The fourth-order valence-electron chi connectivity index (χ4n) is 3.21. The molecule has 0 unspecified atom stereocenters. The SMILES string of the molecule is Cc1ccnc2c1C(=O)c1c(c(O)n(Cc3ccc(F)cc3)c1O)C2=O. The quantitative estimate of drug-likeness (QED) is 0.578. The molecule has 1 aliphatic carbocycles. The topological polar surface area (TPSA) is 92.4 Å². The van der Waals surface area contributed by atoms with E-state index < -0.39 is 29.1 Å². The molecule has 130 valence electrons. The second-order valence-corrected chi connectivity index (χ2v) is 6.12. The van der Waals surface area contributed by atoms with Gasteiger partial charge in [0.15, 0.2) is 0 Å². The number of aromatic nitrogens is 2. The molecule has 0 fully saturated rings. The van der Waals surface area contributed by atoms with Gasteiger partial charge >= 0.3 is 0 Å². The van der Waals surface area contributed by atoms with Crippen molar-refractivity contribution in [2.45, 2.75) is 13.5 Å². The summed E-state index contributed by atoms with van der Waals surface area (Å²) in [5.74, 6) is -2.63. The molecule has 0 aliphatic heterocycles. The molecule has 4 rings (SSSR count). The van der Waals surface area contributed by atoms with Crippen molar-refractivity contribution in [3.63, 3.8) is 0 Å². The van der Waals surface area contributed by atoms with Crippen LogP contribution in [-0.4, -0.2) is 31.3 Å². The first kappa shape index (κ1) is 16.0. The minimum Gasteiger partial charge on any atom is -0.494 e. The van der Waals surface area contributed by atoms with Gasteiger partial charge in [0.2, 0.25) is 23.3 Å². The van der Waals surface area contributed by atoms with Crippen LogP contribution in [0.15, 0.2) is 36.5 Å². The van der Waals surface area contributed by atoms with Gasteiger partial charge in [-0.25, -0.2) is 4.39 Å². The van der Waals surface area contributed by atoms with Crippen LogP contribution in [0.3, 0.4) is 0 Å². The van der Waals surface area contributed by atoms with Gasteiger partial charge in [0.1, 0.15) is 17.1 Å². The summed E-state index contributed by atoms with van der Waals surface area (Å²) in [6.45, 7) is 1.64. The van der Waals surface area contributed by atoms with Crippen LogP contribution in [0.1, 0.15) is 43.1 Å². The van der Waals surface area contributed by atoms with Crippen LogP contribution in [-0.2, 0) is 6.54 Å². The van der Waals surface area contributed by atoms with Crippen molar-refractivity contribution in [2.24, 2.45) is 0 Å². The largest absolute Gasteiger partial charge is 0.494 e. The van der Waals surface area contributed by atoms with Crippen molar-refractivity contribution >= 4 is 11.6 Å². The summed E-state index contributed by atoms with van der Waals surface area (Å²) in [7, 11) is 0. The van der Waals surface area contributed by atoms with Gasteiger partial charge < -0.3 is 10.2 Å². The monoisotopic (exact) mass is 352 g/mol. The molecule has 0 amide bonds. The zero-order valence-corrected chi connectivity index (χ0v) is 13.7. The number of benzene rings is 1. The van der Waals surface area contributed by atoms with Crippen LogP contribution in [0.4, 0.5) is 4.39 Å². The summed E-state index contributed by atoms with van der Waals surface area (Å²) in [6, 6.07) is 7.05. The maximum absolute atomic E-state index is 13.1. The van der Waals surface area contributed by atoms with Crippen LogP contribution in [0, 0.1) is 12.7 Å². The summed E-state index contributed by atoms with van der Waals surface area (Å²) < 4.78 is 14.1. The van der Waals surface area contributed by atoms with Crippen LogP contribution >= 0.6 is 0 Å². The Labute approximate surface area is 147 Å². The van der Waals surface area contributed by atoms with Gasteiger partial charge in [-0.15, -0.1) is 0 Å². The van der Waals surface area contributed by atoms with E-state index in [9.17, 15) is 24.2 Å². The molecule has 0 bridgehead atoms. The van der Waals surface area contributed by atoms with Gasteiger partial charge in [0.25, 0.3) is 0 Å². The van der Waals surface area contributed by atoms with E-state index in [-0.39, 0.29) is 28.9 Å². The molecular weight excluding hydrogens is 339 g/mol. The highest BCUT2D eigenvalue weighted by Gasteiger charge is 2.40. The molecule has 2 N–H and O–H groups in total.